The first-order chi connectivity index (χ1) is 26.5. The summed E-state index contributed by atoms with van der Waals surface area (Å²) >= 11 is 0. The number of hydrogen-bond donors (Lipinski definition) is 0. The van der Waals surface area contributed by atoms with E-state index in [1.54, 1.807) is 120 Å². The lowest BCUT2D eigenvalue weighted by Crippen LogP contribution is -1.78. The molecule has 0 aromatic heterocycles. The van der Waals surface area contributed by atoms with Gasteiger partial charge in [-0.25, -0.2) is 0 Å². The Balaban J connectivity index is -0.000000100. The van der Waals surface area contributed by atoms with Gasteiger partial charge in [-0.1, -0.05) is 125 Å². The van der Waals surface area contributed by atoms with Crippen LogP contribution >= 0.6 is 0 Å². The molecule has 0 unspecified atom stereocenters. The van der Waals surface area contributed by atoms with Gasteiger partial charge in [-0.3, -0.25) is 0 Å². The van der Waals surface area contributed by atoms with E-state index in [1.807, 2.05) is 107 Å². The highest BCUT2D eigenvalue weighted by atomic mass is 16.5. The van der Waals surface area contributed by atoms with Gasteiger partial charge < -0.3 is 37.9 Å². The third kappa shape index (κ3) is 73.4. The second kappa shape index (κ2) is 64.0. The molecule has 0 atom stereocenters. The number of hydrogen-bond acceptors (Lipinski definition) is 8. The maximum atomic E-state index is 4.90. The standard InChI is InChI=1S/C10H12O.C9H10O.2C6H10O.C5H8O.2C4H8O.C3H6O.CH4/c1-9(8-11-2)10-6-4-3-5-7-10;1-10-8-7-9-5-3-2-4-6-9;1-4-6(2)5-7-3;1-3-4-5-6-7-2;1-3-4-5-6-2;1-4(2)5-3;1-3-4-5-2;1-3-4-2;/h3-8H,1-2H3;2-8H,1H3;4-5H,1H2,2-3H3;3-6H,1-2H3;3-5H,1H2,2H3;1H2,2-3H3;3-4H,1-2H3;3H,1H2,2H3;1H4. The Hall–Kier alpha value is -6.02. The molecule has 0 aliphatic rings. The van der Waals surface area contributed by atoms with E-state index in [-0.39, 0.29) is 7.43 Å². The molecule has 0 aliphatic heterocycles. The van der Waals surface area contributed by atoms with Crippen LogP contribution in [0.2, 0.25) is 0 Å². The van der Waals surface area contributed by atoms with Crippen molar-refractivity contribution in [2.75, 3.05) is 56.9 Å². The van der Waals surface area contributed by atoms with Crippen LogP contribution < -0.4 is 0 Å². The fraction of sp³-hybridized carbons (Fsp3) is 0.292. The zero-order chi connectivity index (χ0) is 43.2. The van der Waals surface area contributed by atoms with Gasteiger partial charge in [-0.2, -0.15) is 0 Å². The molecule has 56 heavy (non-hydrogen) atoms. The van der Waals surface area contributed by atoms with Crippen molar-refractivity contribution >= 4 is 11.6 Å². The first-order valence-electron chi connectivity index (χ1n) is 16.9. The van der Waals surface area contributed by atoms with Crippen LogP contribution in [0.4, 0.5) is 0 Å². The summed E-state index contributed by atoms with van der Waals surface area (Å²) in [5.41, 5.74) is 4.55. The van der Waals surface area contributed by atoms with Crippen LogP contribution in [0.25, 0.3) is 11.6 Å². The summed E-state index contributed by atoms with van der Waals surface area (Å²) in [7, 11) is 12.9. The summed E-state index contributed by atoms with van der Waals surface area (Å²) in [5, 5.41) is 0. The van der Waals surface area contributed by atoms with E-state index >= 15 is 0 Å². The molecule has 0 bridgehead atoms. The first kappa shape index (κ1) is 64.9. The zero-order valence-electron chi connectivity index (χ0n) is 36.0. The summed E-state index contributed by atoms with van der Waals surface area (Å²) in [4.78, 5) is 0. The second-order valence-electron chi connectivity index (χ2n) is 9.56. The van der Waals surface area contributed by atoms with Gasteiger partial charge in [0.25, 0.3) is 0 Å². The van der Waals surface area contributed by atoms with E-state index in [0.717, 1.165) is 22.5 Å². The highest BCUT2D eigenvalue weighted by Gasteiger charge is 1.91. The lowest BCUT2D eigenvalue weighted by Gasteiger charge is -1.98. The topological polar surface area (TPSA) is 73.8 Å². The summed E-state index contributed by atoms with van der Waals surface area (Å²) in [6.45, 7) is 23.3. The summed E-state index contributed by atoms with van der Waals surface area (Å²) < 4.78 is 36.8. The highest BCUT2D eigenvalue weighted by Crippen LogP contribution is 2.11. The van der Waals surface area contributed by atoms with E-state index < -0.39 is 0 Å². The van der Waals surface area contributed by atoms with Crippen LogP contribution in [0.5, 0.6) is 0 Å². The molecular formula is C48H76O8. The Morgan fingerprint density at radius 1 is 0.536 bits per heavy atom. The lowest BCUT2D eigenvalue weighted by atomic mass is 10.1. The molecule has 2 aromatic rings. The van der Waals surface area contributed by atoms with Crippen LogP contribution in [0.3, 0.4) is 0 Å². The van der Waals surface area contributed by atoms with Crippen molar-refractivity contribution in [1.82, 2.24) is 0 Å². The number of benzene rings is 2. The largest absolute Gasteiger partial charge is 0.505 e. The Labute approximate surface area is 343 Å². The Morgan fingerprint density at radius 3 is 1.27 bits per heavy atom. The quantitative estimate of drug-likeness (QED) is 0.147. The minimum absolute atomic E-state index is 0. The van der Waals surface area contributed by atoms with Crippen molar-refractivity contribution in [3.63, 3.8) is 0 Å². The molecule has 2 rings (SSSR count). The van der Waals surface area contributed by atoms with Gasteiger partial charge in [0.2, 0.25) is 0 Å². The maximum Gasteiger partial charge on any atom is 0.0859 e. The molecule has 8 nitrogen and oxygen atoms in total. The Morgan fingerprint density at radius 2 is 0.982 bits per heavy atom. The Kier molecular flexibility index (Phi) is 74.2. The van der Waals surface area contributed by atoms with Gasteiger partial charge in [0, 0.05) is 0 Å². The fourth-order valence-corrected chi connectivity index (χ4v) is 2.40. The number of ether oxygens (including phenoxy) is 8. The normalized spacial score (nSPS) is 9.52. The van der Waals surface area contributed by atoms with Gasteiger partial charge in [0.1, 0.15) is 0 Å². The average molecular weight is 781 g/mol. The van der Waals surface area contributed by atoms with Crippen LogP contribution in [0, 0.1) is 0 Å². The molecule has 8 heteroatoms. The minimum atomic E-state index is 0. The zero-order valence-corrected chi connectivity index (χ0v) is 36.0. The third-order valence-corrected chi connectivity index (χ3v) is 5.00. The van der Waals surface area contributed by atoms with E-state index in [2.05, 4.69) is 66.9 Å². The van der Waals surface area contributed by atoms with Gasteiger partial charge in [0.05, 0.1) is 106 Å². The van der Waals surface area contributed by atoms with Crippen LogP contribution in [-0.4, -0.2) is 56.9 Å². The van der Waals surface area contributed by atoms with Crippen molar-refractivity contribution in [3.8, 4) is 0 Å². The van der Waals surface area contributed by atoms with Gasteiger partial charge in [-0.15, -0.1) is 0 Å². The molecular weight excluding hydrogens is 705 g/mol. The summed E-state index contributed by atoms with van der Waals surface area (Å²) in [6, 6.07) is 20.2. The number of allylic oxidation sites excluding steroid dienone is 10. The van der Waals surface area contributed by atoms with Crippen molar-refractivity contribution in [1.29, 1.82) is 0 Å². The molecule has 0 radical (unpaired) electrons. The molecule has 0 spiro atoms. The smallest absolute Gasteiger partial charge is 0.0859 e. The monoisotopic (exact) mass is 781 g/mol. The van der Waals surface area contributed by atoms with E-state index in [1.165, 1.54) is 11.8 Å². The van der Waals surface area contributed by atoms with Crippen molar-refractivity contribution in [3.05, 3.63) is 196 Å². The first-order valence-corrected chi connectivity index (χ1v) is 16.9. The second-order valence-corrected chi connectivity index (χ2v) is 9.56. The summed E-state index contributed by atoms with van der Waals surface area (Å²) in [6.07, 6.45) is 25.8. The van der Waals surface area contributed by atoms with Crippen LogP contribution in [-0.2, 0) is 37.9 Å². The molecule has 0 N–H and O–H groups in total. The molecule has 0 heterocycles. The minimum Gasteiger partial charge on any atom is -0.505 e. The number of rotatable bonds is 13. The summed E-state index contributed by atoms with van der Waals surface area (Å²) in [5.74, 6) is 0.755. The molecule has 0 saturated carbocycles. The molecule has 0 fully saturated rings. The predicted octanol–water partition coefficient (Wildman–Crippen LogP) is 13.5. The van der Waals surface area contributed by atoms with E-state index in [4.69, 9.17) is 9.47 Å². The van der Waals surface area contributed by atoms with Crippen LogP contribution in [0.1, 0.15) is 53.2 Å². The van der Waals surface area contributed by atoms with Crippen molar-refractivity contribution in [2.24, 2.45) is 0 Å². The van der Waals surface area contributed by atoms with E-state index in [0.29, 0.717) is 0 Å². The van der Waals surface area contributed by atoms with Crippen molar-refractivity contribution < 1.29 is 37.9 Å². The SMILES string of the molecule is C.C=C(C)OC.C=CC(C)=COC.C=CC=COC.C=COC.CC=CC=COC.CC=COC.COC=C(C)c1ccccc1.COC=Cc1ccccc1. The molecule has 0 amide bonds. The predicted molar refractivity (Wildman–Crippen MR) is 245 cm³/mol. The van der Waals surface area contributed by atoms with Gasteiger partial charge in [-0.05, 0) is 75.1 Å². The van der Waals surface area contributed by atoms with Gasteiger partial charge in [0.15, 0.2) is 0 Å². The molecule has 0 aliphatic carbocycles. The lowest BCUT2D eigenvalue weighted by molar-refractivity contribution is 0.295. The fourth-order valence-electron chi connectivity index (χ4n) is 2.40. The third-order valence-electron chi connectivity index (χ3n) is 5.00. The molecule has 0 saturated heterocycles. The molecule has 316 valence electrons. The van der Waals surface area contributed by atoms with Crippen molar-refractivity contribution in [2.45, 2.75) is 42.0 Å². The van der Waals surface area contributed by atoms with Crippen LogP contribution in [0.15, 0.2) is 185 Å². The van der Waals surface area contributed by atoms with Gasteiger partial charge >= 0.3 is 0 Å². The average Bonchev–Trinajstić information content (AvgIpc) is 3.22. The Bertz CT molecular complexity index is 1290. The molecule has 2 aromatic carbocycles. The van der Waals surface area contributed by atoms with E-state index in [9.17, 15) is 0 Å². The highest BCUT2D eigenvalue weighted by molar-refractivity contribution is 5.62. The maximum absolute atomic E-state index is 4.90. The number of methoxy groups -OCH3 is 8.